The molecule has 9 atom stereocenters. The maximum Gasteiger partial charge on any atom is 0.472 e. The minimum Gasteiger partial charge on any atom is -0.394 e. The molecule has 266 valence electrons. The Balaban J connectivity index is 1.34. The third kappa shape index (κ3) is 7.72. The normalized spacial score (nSPS) is 28.7. The number of fused-ring (bicyclic) bond motifs is 1. The van der Waals surface area contributed by atoms with Crippen LogP contribution >= 0.6 is 7.82 Å². The van der Waals surface area contributed by atoms with Gasteiger partial charge >= 0.3 is 13.5 Å². The molecule has 24 heteroatoms. The number of methoxy groups -OCH3 is 2. The van der Waals surface area contributed by atoms with Crippen LogP contribution in [0.1, 0.15) is 12.5 Å². The van der Waals surface area contributed by atoms with Gasteiger partial charge < -0.3 is 55.0 Å². The lowest BCUT2D eigenvalue weighted by molar-refractivity contribution is -0.0840. The number of anilines is 2. The number of phosphoric ester groups is 1. The fourth-order valence-electron chi connectivity index (χ4n) is 5.19. The fourth-order valence-corrected chi connectivity index (χ4v) is 6.15. The van der Waals surface area contributed by atoms with Gasteiger partial charge in [0.1, 0.15) is 43.0 Å². The summed E-state index contributed by atoms with van der Waals surface area (Å²) < 4.78 is 59.6. The van der Waals surface area contributed by atoms with Gasteiger partial charge in [0.15, 0.2) is 23.6 Å². The number of aromatic nitrogens is 7. The highest BCUT2D eigenvalue weighted by atomic mass is 31.2. The van der Waals surface area contributed by atoms with Gasteiger partial charge in [0.25, 0.3) is 5.56 Å². The molecule has 5 heterocycles. The number of nitrogens with one attached hydrogen (secondary N) is 1. The number of hydrogen-bond donors (Lipinski definition) is 6. The number of nitrogens with two attached hydrogens (primary N) is 2. The topological polar surface area (TPSA) is 315 Å². The largest absolute Gasteiger partial charge is 0.472 e. The van der Waals surface area contributed by atoms with Crippen molar-refractivity contribution in [2.75, 3.05) is 65.3 Å². The van der Waals surface area contributed by atoms with Crippen LogP contribution in [-0.4, -0.2) is 140 Å². The number of phosphoric acid groups is 1. The molecule has 0 aromatic carbocycles. The van der Waals surface area contributed by atoms with Crippen LogP contribution < -0.4 is 22.7 Å². The first kappa shape index (κ1) is 35.8. The quantitative estimate of drug-likeness (QED) is 0.0626. The monoisotopic (exact) mass is 705 g/mol. The highest BCUT2D eigenvalue weighted by Gasteiger charge is 2.52. The summed E-state index contributed by atoms with van der Waals surface area (Å²) in [6, 6.07) is 0. The average molecular weight is 706 g/mol. The Kier molecular flexibility index (Phi) is 11.5. The zero-order valence-electron chi connectivity index (χ0n) is 25.6. The second-order valence-corrected chi connectivity index (χ2v) is 11.9. The van der Waals surface area contributed by atoms with Crippen LogP contribution in [0.3, 0.4) is 0 Å². The number of nitrogen functional groups attached to an aromatic ring is 2. The fraction of sp³-hybridized carbons (Fsp3) is 0.667. The third-order valence-corrected chi connectivity index (χ3v) is 8.36. The van der Waals surface area contributed by atoms with Gasteiger partial charge in [-0.25, -0.2) is 19.3 Å². The Morgan fingerprint density at radius 1 is 0.938 bits per heavy atom. The zero-order valence-corrected chi connectivity index (χ0v) is 26.5. The highest BCUT2D eigenvalue weighted by molar-refractivity contribution is 7.47. The van der Waals surface area contributed by atoms with Crippen molar-refractivity contribution in [3.8, 4) is 0 Å². The maximum atomic E-state index is 13.3. The van der Waals surface area contributed by atoms with Gasteiger partial charge in [0.2, 0.25) is 11.9 Å². The minimum atomic E-state index is -5.05. The van der Waals surface area contributed by atoms with Gasteiger partial charge in [-0.2, -0.15) is 9.97 Å². The second kappa shape index (κ2) is 15.4. The summed E-state index contributed by atoms with van der Waals surface area (Å²) in [5.41, 5.74) is 9.67. The Morgan fingerprint density at radius 2 is 1.58 bits per heavy atom. The van der Waals surface area contributed by atoms with Gasteiger partial charge in [-0.1, -0.05) is 0 Å². The number of aliphatic hydroxyl groups excluding tert-OH is 2. The third-order valence-electron chi connectivity index (χ3n) is 7.38. The first-order valence-electron chi connectivity index (χ1n) is 14.4. The van der Waals surface area contributed by atoms with Crippen molar-refractivity contribution in [2.24, 2.45) is 0 Å². The number of ether oxygens (including phenoxy) is 6. The minimum absolute atomic E-state index is 0.00357. The van der Waals surface area contributed by atoms with E-state index in [0.717, 1.165) is 10.9 Å². The Labute approximate surface area is 270 Å². The number of aromatic amines is 1. The molecule has 3 aromatic heterocycles. The van der Waals surface area contributed by atoms with E-state index < -0.39 is 81.4 Å². The van der Waals surface area contributed by atoms with Crippen molar-refractivity contribution < 1.29 is 57.1 Å². The van der Waals surface area contributed by atoms with Crippen LogP contribution in [0.15, 0.2) is 22.2 Å². The molecular weight excluding hydrogens is 669 g/mol. The predicted molar refractivity (Wildman–Crippen MR) is 158 cm³/mol. The molecule has 0 radical (unpaired) electrons. The standard InChI is InChI=1S/C24H36N9O14P/c1-40-3-5-42-16-14(35)12(46-20(16)33-10-28-22(25)31-24(33)37)8-44-48(38,39)47-15-11(7-34)45-21(17(15)43-6-4-41-2)32-9-27-13-18(32)29-23(26)30-19(13)36/h9-12,14-17,20-21,34-35H,3-8H2,1-2H3,(H,38,39)(H2,25,31,37)(H3,26,29,30,36)/t11-,12-,14?,15?,16+,17+,20-,21-/m1/s1. The maximum absolute atomic E-state index is 13.3. The number of rotatable bonds is 16. The molecule has 0 spiro atoms. The van der Waals surface area contributed by atoms with E-state index in [-0.39, 0.29) is 49.5 Å². The van der Waals surface area contributed by atoms with Gasteiger partial charge in [-0.15, -0.1) is 0 Å². The van der Waals surface area contributed by atoms with E-state index in [2.05, 4.69) is 24.9 Å². The molecular formula is C24H36N9O14P. The summed E-state index contributed by atoms with van der Waals surface area (Å²) in [4.78, 5) is 53.5. The van der Waals surface area contributed by atoms with E-state index in [4.69, 9.17) is 48.9 Å². The van der Waals surface area contributed by atoms with Crippen LogP contribution in [0.5, 0.6) is 0 Å². The molecule has 0 aliphatic carbocycles. The lowest BCUT2D eigenvalue weighted by Gasteiger charge is -2.26. The second-order valence-electron chi connectivity index (χ2n) is 10.5. The number of nitrogens with zero attached hydrogens (tertiary/aromatic N) is 6. The highest BCUT2D eigenvalue weighted by Crippen LogP contribution is 2.50. The molecule has 3 aromatic rings. The number of hydrogen-bond acceptors (Lipinski definition) is 19. The molecule has 2 saturated heterocycles. The summed E-state index contributed by atoms with van der Waals surface area (Å²) >= 11 is 0. The van der Waals surface area contributed by atoms with E-state index in [1.165, 1.54) is 25.1 Å². The Morgan fingerprint density at radius 3 is 2.25 bits per heavy atom. The van der Waals surface area contributed by atoms with E-state index in [1.54, 1.807) is 0 Å². The zero-order chi connectivity index (χ0) is 34.6. The number of H-pyrrole nitrogens is 1. The molecule has 48 heavy (non-hydrogen) atoms. The van der Waals surface area contributed by atoms with Crippen molar-refractivity contribution in [1.29, 1.82) is 0 Å². The lowest BCUT2D eigenvalue weighted by atomic mass is 10.1. The Hall–Kier alpha value is -3.45. The first-order valence-corrected chi connectivity index (χ1v) is 15.9. The van der Waals surface area contributed by atoms with Gasteiger partial charge in [0, 0.05) is 14.2 Å². The van der Waals surface area contributed by atoms with Gasteiger partial charge in [-0.3, -0.25) is 28.0 Å². The lowest BCUT2D eigenvalue weighted by Crippen LogP contribution is -2.39. The predicted octanol–water partition coefficient (Wildman–Crippen LogP) is -3.35. The van der Waals surface area contributed by atoms with Crippen LogP contribution in [-0.2, 0) is 42.0 Å². The number of aliphatic hydroxyl groups is 2. The molecule has 0 amide bonds. The molecule has 8 N–H and O–H groups in total. The SMILES string of the molecule is COCCO[C@H]1C(O)[C@@H](COP(=O)(O)OC2[C@@H](CO)O[C@@H](n3cnc4c(=O)[nH]c(N)nc43)[C@H]2OCCOC)O[C@H]1n1cnc(N)nc1=O. The summed E-state index contributed by atoms with van der Waals surface area (Å²) in [7, 11) is -2.18. The van der Waals surface area contributed by atoms with E-state index in [0.29, 0.717) is 0 Å². The van der Waals surface area contributed by atoms with Crippen molar-refractivity contribution in [3.05, 3.63) is 33.5 Å². The molecule has 5 rings (SSSR count). The van der Waals surface area contributed by atoms with E-state index in [1.807, 2.05) is 0 Å². The summed E-state index contributed by atoms with van der Waals surface area (Å²) in [5.74, 6) is -0.494. The molecule has 2 aliphatic heterocycles. The van der Waals surface area contributed by atoms with Crippen LogP contribution in [0.4, 0.5) is 11.9 Å². The molecule has 2 fully saturated rings. The molecule has 0 bridgehead atoms. The summed E-state index contributed by atoms with van der Waals surface area (Å²) in [6.07, 6.45) is -8.08. The van der Waals surface area contributed by atoms with Crippen LogP contribution in [0.25, 0.3) is 11.2 Å². The van der Waals surface area contributed by atoms with Crippen molar-refractivity contribution in [2.45, 2.75) is 49.1 Å². The average Bonchev–Trinajstić information content (AvgIpc) is 3.70. The first-order chi connectivity index (χ1) is 23.0. The van der Waals surface area contributed by atoms with Crippen molar-refractivity contribution in [1.82, 2.24) is 34.1 Å². The molecule has 0 saturated carbocycles. The summed E-state index contributed by atoms with van der Waals surface area (Å²) in [5, 5.41) is 21.2. The van der Waals surface area contributed by atoms with Crippen LogP contribution in [0.2, 0.25) is 0 Å². The van der Waals surface area contributed by atoms with Crippen LogP contribution in [0, 0.1) is 0 Å². The smallest absolute Gasteiger partial charge is 0.394 e. The Bertz CT molecular complexity index is 1710. The van der Waals surface area contributed by atoms with Crippen molar-refractivity contribution in [3.63, 3.8) is 0 Å². The number of imidazole rings is 1. The van der Waals surface area contributed by atoms with Gasteiger partial charge in [0.05, 0.1) is 46.0 Å². The molecule has 23 nitrogen and oxygen atoms in total. The summed E-state index contributed by atoms with van der Waals surface area (Å²) in [6.45, 7) is -1.22. The molecule has 2 aliphatic rings. The molecule has 3 unspecified atom stereocenters. The van der Waals surface area contributed by atoms with Crippen molar-refractivity contribution >= 4 is 30.9 Å². The van der Waals surface area contributed by atoms with Gasteiger partial charge in [-0.05, 0) is 0 Å². The van der Waals surface area contributed by atoms with E-state index in [9.17, 15) is 29.3 Å². The van der Waals surface area contributed by atoms with E-state index >= 15 is 0 Å².